The third-order valence-corrected chi connectivity index (χ3v) is 7.55. The Morgan fingerprint density at radius 3 is 2.65 bits per heavy atom. The van der Waals surface area contributed by atoms with Crippen LogP contribution in [-0.4, -0.2) is 13.1 Å². The molecular weight excluding hydrogens is 284 g/mol. The number of hydrogen-bond donors (Lipinski definition) is 0. The first-order valence-electron chi connectivity index (χ1n) is 9.23. The largest absolute Gasteiger partial charge is 0.469 e. The Hall–Kier alpha value is -1.05. The van der Waals surface area contributed by atoms with Gasteiger partial charge in [0, 0.05) is 5.41 Å². The lowest BCUT2D eigenvalue weighted by atomic mass is 9.45. The molecule has 3 rings (SSSR count). The Kier molecular flexibility index (Phi) is 4.01. The van der Waals surface area contributed by atoms with Crippen LogP contribution in [0.2, 0.25) is 0 Å². The molecule has 0 radical (unpaired) electrons. The van der Waals surface area contributed by atoms with Crippen molar-refractivity contribution in [3.05, 3.63) is 24.3 Å². The zero-order valence-corrected chi connectivity index (χ0v) is 15.3. The minimum atomic E-state index is -0.299. The van der Waals surface area contributed by atoms with Crippen LogP contribution in [0.25, 0.3) is 0 Å². The maximum Gasteiger partial charge on any atom is 0.311 e. The molecule has 2 nitrogen and oxygen atoms in total. The third kappa shape index (κ3) is 2.40. The second-order valence-corrected chi connectivity index (χ2v) is 8.88. The molecular formula is C21H32O2. The molecule has 0 aliphatic heterocycles. The summed E-state index contributed by atoms with van der Waals surface area (Å²) >= 11 is 0. The lowest BCUT2D eigenvalue weighted by Gasteiger charge is -2.59. The Labute approximate surface area is 141 Å². The van der Waals surface area contributed by atoms with Crippen molar-refractivity contribution in [3.63, 3.8) is 0 Å². The van der Waals surface area contributed by atoms with Gasteiger partial charge in [0.2, 0.25) is 0 Å². The lowest BCUT2D eigenvalue weighted by Crippen LogP contribution is -2.54. The van der Waals surface area contributed by atoms with Gasteiger partial charge in [0.1, 0.15) is 0 Å². The predicted molar refractivity (Wildman–Crippen MR) is 93.9 cm³/mol. The molecule has 3 aliphatic carbocycles. The monoisotopic (exact) mass is 316 g/mol. The summed E-state index contributed by atoms with van der Waals surface area (Å²) in [5.74, 6) is 1.09. The highest BCUT2D eigenvalue weighted by atomic mass is 16.5. The molecule has 2 unspecified atom stereocenters. The lowest BCUT2D eigenvalue weighted by molar-refractivity contribution is -0.168. The standard InChI is InChI=1S/C21H32O2/c1-6-19(2)13-10-16-15(14-19)8-9-17-20(16,3)11-7-12-21(17,4)18(22)23-5/h6,14,16-17H,1,7-13H2,2-5H3/t16?,17?,19-,20+,21+/m0/s1. The van der Waals surface area contributed by atoms with Crippen LogP contribution < -0.4 is 0 Å². The molecule has 23 heavy (non-hydrogen) atoms. The van der Waals surface area contributed by atoms with Crippen molar-refractivity contribution in [2.24, 2.45) is 28.1 Å². The second-order valence-electron chi connectivity index (χ2n) is 8.88. The van der Waals surface area contributed by atoms with E-state index in [1.807, 2.05) is 0 Å². The van der Waals surface area contributed by atoms with Crippen molar-refractivity contribution in [2.45, 2.75) is 65.7 Å². The van der Waals surface area contributed by atoms with Gasteiger partial charge in [-0.1, -0.05) is 38.0 Å². The van der Waals surface area contributed by atoms with Gasteiger partial charge in [-0.3, -0.25) is 4.79 Å². The highest BCUT2D eigenvalue weighted by Crippen LogP contribution is 2.64. The number of hydrogen-bond acceptors (Lipinski definition) is 2. The molecule has 0 aromatic rings. The predicted octanol–water partition coefficient (Wildman–Crippen LogP) is 5.29. The molecule has 0 spiro atoms. The van der Waals surface area contributed by atoms with E-state index < -0.39 is 0 Å². The summed E-state index contributed by atoms with van der Waals surface area (Å²) in [5.41, 5.74) is 1.74. The van der Waals surface area contributed by atoms with Crippen LogP contribution in [0.1, 0.15) is 65.7 Å². The first-order chi connectivity index (χ1) is 10.8. The maximum absolute atomic E-state index is 12.5. The zero-order chi connectivity index (χ0) is 16.9. The number of carbonyl (C=O) groups excluding carboxylic acids is 1. The maximum atomic E-state index is 12.5. The van der Waals surface area contributed by atoms with Crippen LogP contribution in [0.15, 0.2) is 24.3 Å². The number of rotatable bonds is 2. The quantitative estimate of drug-likeness (QED) is 0.511. The van der Waals surface area contributed by atoms with Crippen LogP contribution in [0, 0.1) is 28.1 Å². The molecule has 128 valence electrons. The van der Waals surface area contributed by atoms with E-state index in [2.05, 4.69) is 39.5 Å². The van der Waals surface area contributed by atoms with Crippen molar-refractivity contribution in [1.29, 1.82) is 0 Å². The van der Waals surface area contributed by atoms with Crippen LogP contribution in [0.3, 0.4) is 0 Å². The van der Waals surface area contributed by atoms with Gasteiger partial charge in [-0.2, -0.15) is 0 Å². The van der Waals surface area contributed by atoms with E-state index in [0.717, 1.165) is 25.7 Å². The molecule has 5 atom stereocenters. The molecule has 2 fully saturated rings. The van der Waals surface area contributed by atoms with Gasteiger partial charge in [0.15, 0.2) is 0 Å². The van der Waals surface area contributed by atoms with Gasteiger partial charge >= 0.3 is 5.97 Å². The van der Waals surface area contributed by atoms with E-state index >= 15 is 0 Å². The number of ether oxygens (including phenoxy) is 1. The average Bonchev–Trinajstić information content (AvgIpc) is 2.53. The topological polar surface area (TPSA) is 26.3 Å². The van der Waals surface area contributed by atoms with Crippen LogP contribution in [0.4, 0.5) is 0 Å². The highest BCUT2D eigenvalue weighted by molar-refractivity contribution is 5.77. The molecule has 0 saturated heterocycles. The fourth-order valence-electron chi connectivity index (χ4n) is 6.16. The summed E-state index contributed by atoms with van der Waals surface area (Å²) in [6.45, 7) is 11.0. The van der Waals surface area contributed by atoms with Crippen molar-refractivity contribution in [3.8, 4) is 0 Å². The van der Waals surface area contributed by atoms with Crippen LogP contribution >= 0.6 is 0 Å². The Morgan fingerprint density at radius 1 is 1.26 bits per heavy atom. The van der Waals surface area contributed by atoms with Gasteiger partial charge in [0.05, 0.1) is 12.5 Å². The number of fused-ring (bicyclic) bond motifs is 3. The number of methoxy groups -OCH3 is 1. The average molecular weight is 316 g/mol. The van der Waals surface area contributed by atoms with Gasteiger partial charge in [-0.05, 0) is 62.7 Å². The second kappa shape index (κ2) is 5.50. The summed E-state index contributed by atoms with van der Waals surface area (Å²) in [4.78, 5) is 12.5. The number of carbonyl (C=O) groups is 1. The van der Waals surface area contributed by atoms with Crippen molar-refractivity contribution >= 4 is 5.97 Å². The van der Waals surface area contributed by atoms with Crippen molar-refractivity contribution < 1.29 is 9.53 Å². The summed E-state index contributed by atoms with van der Waals surface area (Å²) in [6, 6.07) is 0. The number of allylic oxidation sites excluding steroid dienone is 3. The van der Waals surface area contributed by atoms with Gasteiger partial charge in [0.25, 0.3) is 0 Å². The minimum absolute atomic E-state index is 0.00703. The first kappa shape index (κ1) is 16.8. The number of esters is 1. The van der Waals surface area contributed by atoms with Crippen molar-refractivity contribution in [1.82, 2.24) is 0 Å². The summed E-state index contributed by atoms with van der Waals surface area (Å²) < 4.78 is 5.21. The first-order valence-corrected chi connectivity index (χ1v) is 9.23. The smallest absolute Gasteiger partial charge is 0.311 e. The van der Waals surface area contributed by atoms with E-state index in [4.69, 9.17) is 4.74 Å². The van der Waals surface area contributed by atoms with Gasteiger partial charge < -0.3 is 4.74 Å². The van der Waals surface area contributed by atoms with Crippen LogP contribution in [-0.2, 0) is 9.53 Å². The Morgan fingerprint density at radius 2 is 2.00 bits per heavy atom. The molecule has 2 saturated carbocycles. The summed E-state index contributed by atoms with van der Waals surface area (Å²) in [5, 5.41) is 0. The normalized spacial score (nSPS) is 46.2. The highest BCUT2D eigenvalue weighted by Gasteiger charge is 2.58. The molecule has 0 heterocycles. The minimum Gasteiger partial charge on any atom is -0.469 e. The van der Waals surface area contributed by atoms with E-state index in [0.29, 0.717) is 11.8 Å². The fourth-order valence-corrected chi connectivity index (χ4v) is 6.16. The van der Waals surface area contributed by atoms with Crippen molar-refractivity contribution in [2.75, 3.05) is 7.11 Å². The molecule has 3 aliphatic rings. The Balaban J connectivity index is 1.98. The molecule has 0 N–H and O–H groups in total. The SMILES string of the molecule is C=C[C@]1(C)C=C2CCC3[C@](C)(CCC[C@@]3(C)C(=O)OC)C2CC1. The third-order valence-electron chi connectivity index (χ3n) is 7.55. The molecule has 0 amide bonds. The fraction of sp³-hybridized carbons (Fsp3) is 0.762. The van der Waals surface area contributed by atoms with E-state index in [9.17, 15) is 4.79 Å². The summed E-state index contributed by atoms with van der Waals surface area (Å²) in [6.07, 6.45) is 12.7. The zero-order valence-electron chi connectivity index (χ0n) is 15.3. The molecule has 0 aromatic heterocycles. The van der Waals surface area contributed by atoms with Crippen LogP contribution in [0.5, 0.6) is 0 Å². The Bertz CT molecular complexity index is 548. The van der Waals surface area contributed by atoms with E-state index in [1.54, 1.807) is 12.7 Å². The van der Waals surface area contributed by atoms with Gasteiger partial charge in [-0.25, -0.2) is 0 Å². The molecule has 0 bridgehead atoms. The molecule has 2 heteroatoms. The molecule has 0 aromatic carbocycles. The summed E-state index contributed by atoms with van der Waals surface area (Å²) in [7, 11) is 1.55. The van der Waals surface area contributed by atoms with E-state index in [-0.39, 0.29) is 22.2 Å². The van der Waals surface area contributed by atoms with E-state index in [1.165, 1.54) is 19.3 Å². The van der Waals surface area contributed by atoms with Gasteiger partial charge in [-0.15, -0.1) is 6.58 Å².